The molecule has 1 heterocycles. The van der Waals surface area contributed by atoms with Crippen molar-refractivity contribution in [3.8, 4) is 0 Å². The van der Waals surface area contributed by atoms with Crippen molar-refractivity contribution in [2.45, 2.75) is 11.4 Å². The standard InChI is InChI=1S/C11H15N5O2S/c1-13-19(17,18)8-2-3-10(9(12)6-8)16-7-11-14-4-5-15-11/h2-6,13,16H,7,12H2,1H3,(H,14,15). The monoisotopic (exact) mass is 281 g/mol. The summed E-state index contributed by atoms with van der Waals surface area (Å²) in [6, 6.07) is 4.53. The molecule has 0 spiro atoms. The zero-order chi connectivity index (χ0) is 13.9. The highest BCUT2D eigenvalue weighted by Crippen LogP contribution is 2.22. The van der Waals surface area contributed by atoms with Gasteiger partial charge in [0, 0.05) is 12.4 Å². The summed E-state index contributed by atoms with van der Waals surface area (Å²) in [5, 5.41) is 3.08. The fraction of sp³-hybridized carbons (Fsp3) is 0.182. The zero-order valence-corrected chi connectivity index (χ0v) is 11.2. The molecule has 8 heteroatoms. The third kappa shape index (κ3) is 3.04. The predicted molar refractivity (Wildman–Crippen MR) is 73.0 cm³/mol. The third-order valence-electron chi connectivity index (χ3n) is 2.60. The molecule has 2 rings (SSSR count). The van der Waals surface area contributed by atoms with Gasteiger partial charge in [-0.05, 0) is 25.2 Å². The minimum atomic E-state index is -3.47. The average Bonchev–Trinajstić information content (AvgIpc) is 2.90. The van der Waals surface area contributed by atoms with Crippen LogP contribution in [0.15, 0.2) is 35.5 Å². The molecule has 1 aromatic heterocycles. The molecular weight excluding hydrogens is 266 g/mol. The van der Waals surface area contributed by atoms with E-state index in [2.05, 4.69) is 20.0 Å². The van der Waals surface area contributed by atoms with E-state index >= 15 is 0 Å². The summed E-state index contributed by atoms with van der Waals surface area (Å²) in [7, 11) is -2.12. The molecule has 1 aromatic carbocycles. The molecular formula is C11H15N5O2S. The minimum absolute atomic E-state index is 0.135. The van der Waals surface area contributed by atoms with Gasteiger partial charge in [0.2, 0.25) is 10.0 Å². The second-order valence-corrected chi connectivity index (χ2v) is 5.73. The fourth-order valence-corrected chi connectivity index (χ4v) is 2.33. The number of nitrogen functional groups attached to an aromatic ring is 1. The lowest BCUT2D eigenvalue weighted by molar-refractivity contribution is 0.588. The Morgan fingerprint density at radius 1 is 1.42 bits per heavy atom. The lowest BCUT2D eigenvalue weighted by Gasteiger charge is -2.10. The third-order valence-corrected chi connectivity index (χ3v) is 4.02. The van der Waals surface area contributed by atoms with E-state index < -0.39 is 10.0 Å². The van der Waals surface area contributed by atoms with E-state index in [9.17, 15) is 8.42 Å². The molecule has 5 N–H and O–H groups in total. The number of nitrogens with zero attached hydrogens (tertiary/aromatic N) is 1. The van der Waals surface area contributed by atoms with Crippen molar-refractivity contribution in [1.82, 2.24) is 14.7 Å². The summed E-state index contributed by atoms with van der Waals surface area (Å²) in [4.78, 5) is 7.15. The number of H-pyrrole nitrogens is 1. The van der Waals surface area contributed by atoms with Crippen molar-refractivity contribution in [2.24, 2.45) is 0 Å². The molecule has 0 saturated heterocycles. The topological polar surface area (TPSA) is 113 Å². The molecule has 0 atom stereocenters. The number of anilines is 2. The fourth-order valence-electron chi connectivity index (χ4n) is 1.56. The number of rotatable bonds is 5. The van der Waals surface area contributed by atoms with Gasteiger partial charge in [-0.15, -0.1) is 0 Å². The maximum absolute atomic E-state index is 11.6. The largest absolute Gasteiger partial charge is 0.397 e. The zero-order valence-electron chi connectivity index (χ0n) is 10.3. The van der Waals surface area contributed by atoms with Crippen molar-refractivity contribution in [3.05, 3.63) is 36.4 Å². The van der Waals surface area contributed by atoms with Crippen LogP contribution in [0.5, 0.6) is 0 Å². The van der Waals surface area contributed by atoms with Crippen LogP contribution in [0, 0.1) is 0 Å². The van der Waals surface area contributed by atoms with Gasteiger partial charge in [-0.1, -0.05) is 0 Å². The minimum Gasteiger partial charge on any atom is -0.397 e. The van der Waals surface area contributed by atoms with Crippen LogP contribution in [0.1, 0.15) is 5.82 Å². The highest BCUT2D eigenvalue weighted by atomic mass is 32.2. The first-order chi connectivity index (χ1) is 9.03. The van der Waals surface area contributed by atoms with Crippen molar-refractivity contribution < 1.29 is 8.42 Å². The summed E-state index contributed by atoms with van der Waals surface area (Å²) < 4.78 is 25.5. The first kappa shape index (κ1) is 13.4. The van der Waals surface area contributed by atoms with E-state index in [0.29, 0.717) is 17.9 Å². The first-order valence-corrected chi connectivity index (χ1v) is 7.06. The van der Waals surface area contributed by atoms with E-state index in [4.69, 9.17) is 5.73 Å². The van der Waals surface area contributed by atoms with Crippen molar-refractivity contribution >= 4 is 21.4 Å². The van der Waals surface area contributed by atoms with Gasteiger partial charge in [0.25, 0.3) is 0 Å². The van der Waals surface area contributed by atoms with Gasteiger partial charge >= 0.3 is 0 Å². The molecule has 0 aliphatic rings. The number of benzene rings is 1. The van der Waals surface area contributed by atoms with E-state index in [1.165, 1.54) is 19.2 Å². The van der Waals surface area contributed by atoms with Gasteiger partial charge in [0.15, 0.2) is 0 Å². The smallest absolute Gasteiger partial charge is 0.240 e. The Morgan fingerprint density at radius 3 is 2.79 bits per heavy atom. The highest BCUT2D eigenvalue weighted by molar-refractivity contribution is 7.89. The van der Waals surface area contributed by atoms with Crippen LogP contribution in [-0.2, 0) is 16.6 Å². The number of aromatic nitrogens is 2. The molecule has 0 saturated carbocycles. The van der Waals surface area contributed by atoms with Gasteiger partial charge in [-0.25, -0.2) is 18.1 Å². The SMILES string of the molecule is CNS(=O)(=O)c1ccc(NCc2ncc[nH]2)c(N)c1. The first-order valence-electron chi connectivity index (χ1n) is 5.58. The summed E-state index contributed by atoms with van der Waals surface area (Å²) in [6.45, 7) is 0.481. The molecule has 102 valence electrons. The molecule has 0 aliphatic carbocycles. The van der Waals surface area contributed by atoms with Crippen LogP contribution in [-0.4, -0.2) is 25.4 Å². The predicted octanol–water partition coefficient (Wildman–Crippen LogP) is 0.512. The van der Waals surface area contributed by atoms with Gasteiger partial charge in [-0.3, -0.25) is 0 Å². The molecule has 0 bridgehead atoms. The maximum atomic E-state index is 11.6. The maximum Gasteiger partial charge on any atom is 0.240 e. The summed E-state index contributed by atoms with van der Waals surface area (Å²) in [5.74, 6) is 0.770. The van der Waals surface area contributed by atoms with E-state index in [1.54, 1.807) is 18.5 Å². The Bertz CT molecular complexity index is 652. The van der Waals surface area contributed by atoms with Crippen LogP contribution in [0.25, 0.3) is 0 Å². The van der Waals surface area contributed by atoms with E-state index in [1.807, 2.05) is 0 Å². The van der Waals surface area contributed by atoms with Crippen molar-refractivity contribution in [3.63, 3.8) is 0 Å². The second-order valence-electron chi connectivity index (χ2n) is 3.85. The molecule has 0 aliphatic heterocycles. The van der Waals surface area contributed by atoms with Gasteiger partial charge in [0.1, 0.15) is 5.82 Å². The van der Waals surface area contributed by atoms with Gasteiger partial charge in [0.05, 0.1) is 22.8 Å². The van der Waals surface area contributed by atoms with Crippen molar-refractivity contribution in [2.75, 3.05) is 18.1 Å². The lowest BCUT2D eigenvalue weighted by atomic mass is 10.2. The number of imidazole rings is 1. The highest BCUT2D eigenvalue weighted by Gasteiger charge is 2.12. The number of hydrogen-bond acceptors (Lipinski definition) is 5. The van der Waals surface area contributed by atoms with E-state index in [0.717, 1.165) is 5.82 Å². The number of nitrogens with two attached hydrogens (primary N) is 1. The molecule has 0 fully saturated rings. The number of aromatic amines is 1. The quantitative estimate of drug-likeness (QED) is 0.596. The summed E-state index contributed by atoms with van der Waals surface area (Å²) in [5.41, 5.74) is 6.85. The molecule has 0 radical (unpaired) electrons. The lowest BCUT2D eigenvalue weighted by Crippen LogP contribution is -2.18. The number of sulfonamides is 1. The molecule has 0 amide bonds. The van der Waals surface area contributed by atoms with Gasteiger partial charge in [-0.2, -0.15) is 0 Å². The van der Waals surface area contributed by atoms with Crippen LogP contribution in [0.3, 0.4) is 0 Å². The summed E-state index contributed by atoms with van der Waals surface area (Å²) >= 11 is 0. The Labute approximate surface area is 111 Å². The molecule has 19 heavy (non-hydrogen) atoms. The molecule has 7 nitrogen and oxygen atoms in total. The second kappa shape index (κ2) is 5.29. The molecule has 0 unspecified atom stereocenters. The van der Waals surface area contributed by atoms with E-state index in [-0.39, 0.29) is 4.90 Å². The van der Waals surface area contributed by atoms with Crippen LogP contribution in [0.2, 0.25) is 0 Å². The van der Waals surface area contributed by atoms with Crippen LogP contribution in [0.4, 0.5) is 11.4 Å². The Morgan fingerprint density at radius 2 is 2.21 bits per heavy atom. The summed E-state index contributed by atoms with van der Waals surface area (Å²) in [6.07, 6.45) is 3.38. The van der Waals surface area contributed by atoms with Crippen LogP contribution < -0.4 is 15.8 Å². The van der Waals surface area contributed by atoms with Gasteiger partial charge < -0.3 is 16.0 Å². The average molecular weight is 281 g/mol. The Hall–Kier alpha value is -2.06. The Kier molecular flexibility index (Phi) is 3.72. The van der Waals surface area contributed by atoms with Crippen molar-refractivity contribution in [1.29, 1.82) is 0 Å². The normalized spacial score (nSPS) is 11.4. The van der Waals surface area contributed by atoms with Crippen LogP contribution >= 0.6 is 0 Å². The Balaban J connectivity index is 2.16. The number of hydrogen-bond donors (Lipinski definition) is 4. The number of nitrogens with one attached hydrogen (secondary N) is 3. The molecule has 2 aromatic rings.